The predicted molar refractivity (Wildman–Crippen MR) is 87.1 cm³/mol. The third-order valence-corrected chi connectivity index (χ3v) is 4.37. The van der Waals surface area contributed by atoms with Crippen LogP contribution >= 0.6 is 0 Å². The van der Waals surface area contributed by atoms with Crippen LogP contribution in [0.3, 0.4) is 0 Å². The zero-order chi connectivity index (χ0) is 15.9. The van der Waals surface area contributed by atoms with E-state index in [2.05, 4.69) is 6.92 Å². The van der Waals surface area contributed by atoms with Crippen molar-refractivity contribution in [1.29, 1.82) is 0 Å². The summed E-state index contributed by atoms with van der Waals surface area (Å²) in [6.07, 6.45) is 0. The highest BCUT2D eigenvalue weighted by Gasteiger charge is 2.46. The maximum absolute atomic E-state index is 12.2. The highest BCUT2D eigenvalue weighted by atomic mass is 16.5. The minimum atomic E-state index is -0.491. The number of carbonyl (C=O) groups is 1. The summed E-state index contributed by atoms with van der Waals surface area (Å²) >= 11 is 0. The number of carbonyl (C=O) groups excluding carboxylic acids is 1. The van der Waals surface area contributed by atoms with Gasteiger partial charge in [-0.1, -0.05) is 18.2 Å². The van der Waals surface area contributed by atoms with E-state index in [9.17, 15) is 4.79 Å². The van der Waals surface area contributed by atoms with Crippen molar-refractivity contribution in [1.82, 2.24) is 0 Å². The Labute approximate surface area is 130 Å². The Balaban J connectivity index is 1.95. The molecule has 1 amide bonds. The Morgan fingerprint density at radius 1 is 1.05 bits per heavy atom. The molecule has 3 rings (SSSR count). The second kappa shape index (κ2) is 5.46. The number of ether oxygens (including phenoxy) is 1. The van der Waals surface area contributed by atoms with E-state index < -0.39 is 6.04 Å². The fourth-order valence-corrected chi connectivity index (χ4v) is 2.83. The van der Waals surface area contributed by atoms with E-state index >= 15 is 0 Å². The van der Waals surface area contributed by atoms with Crippen LogP contribution in [0.5, 0.6) is 5.75 Å². The summed E-state index contributed by atoms with van der Waals surface area (Å²) in [6.45, 7) is 4.11. The number of aryl methyl sites for hydroxylation is 2. The summed E-state index contributed by atoms with van der Waals surface area (Å²) in [5, 5.41) is 0. The van der Waals surface area contributed by atoms with Crippen molar-refractivity contribution in [3.05, 3.63) is 59.2 Å². The quantitative estimate of drug-likeness (QED) is 0.886. The fraction of sp³-hybridized carbons (Fsp3) is 0.278. The summed E-state index contributed by atoms with van der Waals surface area (Å²) in [4.78, 5) is 14.0. The van der Waals surface area contributed by atoms with Crippen LogP contribution in [0.25, 0.3) is 0 Å². The minimum Gasteiger partial charge on any atom is -0.497 e. The van der Waals surface area contributed by atoms with Gasteiger partial charge in [0.1, 0.15) is 11.8 Å². The molecule has 1 heterocycles. The molecule has 0 unspecified atom stereocenters. The molecule has 2 N–H and O–H groups in total. The SMILES string of the molecule is COc1ccc([C@@H]2[C@@H](N)C(=O)N2c2ccc(C)c(C)c2)cc1. The van der Waals surface area contributed by atoms with Gasteiger partial charge in [-0.3, -0.25) is 4.79 Å². The number of nitrogens with zero attached hydrogens (tertiary/aromatic N) is 1. The molecule has 1 aliphatic heterocycles. The molecule has 114 valence electrons. The molecule has 0 radical (unpaired) electrons. The lowest BCUT2D eigenvalue weighted by Gasteiger charge is -2.45. The van der Waals surface area contributed by atoms with Crippen LogP contribution in [0.2, 0.25) is 0 Å². The van der Waals surface area contributed by atoms with Gasteiger partial charge in [0.25, 0.3) is 0 Å². The summed E-state index contributed by atoms with van der Waals surface area (Å²) in [5.74, 6) is 0.754. The number of hydrogen-bond donors (Lipinski definition) is 1. The number of methoxy groups -OCH3 is 1. The van der Waals surface area contributed by atoms with Crippen LogP contribution in [-0.2, 0) is 4.79 Å². The highest BCUT2D eigenvalue weighted by Crippen LogP contribution is 2.39. The second-order valence-corrected chi connectivity index (χ2v) is 5.72. The molecule has 4 heteroatoms. The summed E-state index contributed by atoms with van der Waals surface area (Å²) in [5.41, 5.74) is 10.3. The average molecular weight is 296 g/mol. The zero-order valence-electron chi connectivity index (χ0n) is 13.0. The maximum atomic E-state index is 12.2. The standard InChI is InChI=1S/C18H20N2O2/c1-11-4-7-14(10-12(11)2)20-17(16(19)18(20)21)13-5-8-15(22-3)9-6-13/h4-10,16-17H,19H2,1-3H3/t16-,17-/m1/s1. The lowest BCUT2D eigenvalue weighted by atomic mass is 9.88. The molecule has 0 aliphatic carbocycles. The monoisotopic (exact) mass is 296 g/mol. The molecule has 0 spiro atoms. The van der Waals surface area contributed by atoms with Crippen LogP contribution in [0.1, 0.15) is 22.7 Å². The Kier molecular flexibility index (Phi) is 3.62. The third kappa shape index (κ3) is 2.25. The van der Waals surface area contributed by atoms with Crippen molar-refractivity contribution in [2.24, 2.45) is 5.73 Å². The average Bonchev–Trinajstić information content (AvgIpc) is 2.54. The second-order valence-electron chi connectivity index (χ2n) is 5.72. The van der Waals surface area contributed by atoms with Crippen molar-refractivity contribution in [3.63, 3.8) is 0 Å². The van der Waals surface area contributed by atoms with Crippen LogP contribution < -0.4 is 15.4 Å². The van der Waals surface area contributed by atoms with Crippen LogP contribution in [0, 0.1) is 13.8 Å². The Morgan fingerprint density at radius 2 is 1.73 bits per heavy atom. The highest BCUT2D eigenvalue weighted by molar-refractivity contribution is 6.05. The van der Waals surface area contributed by atoms with E-state index in [-0.39, 0.29) is 11.9 Å². The number of hydrogen-bond acceptors (Lipinski definition) is 3. The first-order valence-corrected chi connectivity index (χ1v) is 7.33. The lowest BCUT2D eigenvalue weighted by Crippen LogP contribution is -2.63. The van der Waals surface area contributed by atoms with E-state index in [1.807, 2.05) is 49.4 Å². The first-order valence-electron chi connectivity index (χ1n) is 7.33. The summed E-state index contributed by atoms with van der Waals surface area (Å²) in [6, 6.07) is 13.1. The number of β-lactam (4-membered cyclic amide) rings is 1. The molecule has 0 saturated carbocycles. The fourth-order valence-electron chi connectivity index (χ4n) is 2.83. The molecule has 2 aromatic carbocycles. The summed E-state index contributed by atoms with van der Waals surface area (Å²) < 4.78 is 5.18. The van der Waals surface area contributed by atoms with Gasteiger partial charge in [0.2, 0.25) is 5.91 Å². The smallest absolute Gasteiger partial charge is 0.247 e. The minimum absolute atomic E-state index is 0.0379. The van der Waals surface area contributed by atoms with Crippen molar-refractivity contribution >= 4 is 11.6 Å². The number of amides is 1. The van der Waals surface area contributed by atoms with E-state index in [0.717, 1.165) is 17.0 Å². The molecule has 2 atom stereocenters. The maximum Gasteiger partial charge on any atom is 0.247 e. The Bertz CT molecular complexity index is 710. The zero-order valence-corrected chi connectivity index (χ0v) is 13.0. The van der Waals surface area contributed by atoms with Gasteiger partial charge in [-0.05, 0) is 54.8 Å². The van der Waals surface area contributed by atoms with E-state index in [1.54, 1.807) is 12.0 Å². The first-order chi connectivity index (χ1) is 10.5. The van der Waals surface area contributed by atoms with Gasteiger partial charge in [-0.25, -0.2) is 0 Å². The molecule has 1 saturated heterocycles. The number of rotatable bonds is 3. The van der Waals surface area contributed by atoms with Gasteiger partial charge in [-0.15, -0.1) is 0 Å². The van der Waals surface area contributed by atoms with Gasteiger partial charge in [0, 0.05) is 5.69 Å². The van der Waals surface area contributed by atoms with E-state index in [1.165, 1.54) is 11.1 Å². The topological polar surface area (TPSA) is 55.6 Å². The molecule has 0 aromatic heterocycles. The predicted octanol–water partition coefficient (Wildman–Crippen LogP) is 2.73. The van der Waals surface area contributed by atoms with Crippen LogP contribution in [0.4, 0.5) is 5.69 Å². The van der Waals surface area contributed by atoms with Gasteiger partial charge in [-0.2, -0.15) is 0 Å². The molecule has 1 aliphatic rings. The van der Waals surface area contributed by atoms with Crippen LogP contribution in [0.15, 0.2) is 42.5 Å². The normalized spacial score (nSPS) is 20.7. The van der Waals surface area contributed by atoms with Crippen molar-refractivity contribution in [2.75, 3.05) is 12.0 Å². The number of nitrogens with two attached hydrogens (primary N) is 1. The number of anilines is 1. The molecular formula is C18H20N2O2. The third-order valence-electron chi connectivity index (χ3n) is 4.37. The Morgan fingerprint density at radius 3 is 2.32 bits per heavy atom. The van der Waals surface area contributed by atoms with E-state index in [4.69, 9.17) is 10.5 Å². The summed E-state index contributed by atoms with van der Waals surface area (Å²) in [7, 11) is 1.63. The van der Waals surface area contributed by atoms with E-state index in [0.29, 0.717) is 0 Å². The number of benzene rings is 2. The molecule has 2 aromatic rings. The molecular weight excluding hydrogens is 276 g/mol. The molecule has 1 fully saturated rings. The van der Waals surface area contributed by atoms with Gasteiger partial charge in [0.15, 0.2) is 0 Å². The lowest BCUT2D eigenvalue weighted by molar-refractivity contribution is -0.126. The first kappa shape index (κ1) is 14.6. The van der Waals surface area contributed by atoms with Gasteiger partial charge in [0.05, 0.1) is 13.2 Å². The molecule has 0 bridgehead atoms. The van der Waals surface area contributed by atoms with Crippen molar-refractivity contribution < 1.29 is 9.53 Å². The van der Waals surface area contributed by atoms with Crippen molar-refractivity contribution in [3.8, 4) is 5.75 Å². The van der Waals surface area contributed by atoms with Gasteiger partial charge >= 0.3 is 0 Å². The van der Waals surface area contributed by atoms with Gasteiger partial charge < -0.3 is 15.4 Å². The van der Waals surface area contributed by atoms with Crippen LogP contribution in [-0.4, -0.2) is 19.1 Å². The Hall–Kier alpha value is -2.33. The molecule has 22 heavy (non-hydrogen) atoms. The van der Waals surface area contributed by atoms with Crippen molar-refractivity contribution in [2.45, 2.75) is 25.9 Å². The molecule has 4 nitrogen and oxygen atoms in total. The largest absolute Gasteiger partial charge is 0.497 e.